The first-order chi connectivity index (χ1) is 9.56. The summed E-state index contributed by atoms with van der Waals surface area (Å²) in [6, 6.07) is 14.5. The topological polar surface area (TPSA) is 35.2 Å². The first-order valence-electron chi connectivity index (χ1n) is 6.77. The van der Waals surface area contributed by atoms with E-state index in [1.165, 1.54) is 5.56 Å². The van der Waals surface area contributed by atoms with Crippen molar-refractivity contribution >= 4 is 15.9 Å². The second-order valence-corrected chi connectivity index (χ2v) is 6.08. The van der Waals surface area contributed by atoms with Crippen LogP contribution >= 0.6 is 15.9 Å². The summed E-state index contributed by atoms with van der Waals surface area (Å²) in [7, 11) is 0. The highest BCUT2D eigenvalue weighted by Crippen LogP contribution is 2.25. The Kier molecular flexibility index (Phi) is 5.21. The van der Waals surface area contributed by atoms with Gasteiger partial charge in [-0.15, -0.1) is 0 Å². The van der Waals surface area contributed by atoms with E-state index in [-0.39, 0.29) is 6.04 Å². The number of ether oxygens (including phenoxy) is 1. The number of halogens is 1. The molecule has 20 heavy (non-hydrogen) atoms. The van der Waals surface area contributed by atoms with Crippen molar-refractivity contribution in [3.63, 3.8) is 0 Å². The van der Waals surface area contributed by atoms with Crippen LogP contribution in [0, 0.1) is 6.92 Å². The van der Waals surface area contributed by atoms with Gasteiger partial charge in [0.25, 0.3) is 0 Å². The molecule has 2 N–H and O–H groups in total. The standard InChI is InChI=1S/C17H20BrNO/c1-12-4-3-5-15(10-13(2)19)17(12)20-11-14-6-8-16(18)9-7-14/h3-9,13H,10-11,19H2,1-2H3. The van der Waals surface area contributed by atoms with Crippen molar-refractivity contribution in [3.05, 3.63) is 63.6 Å². The van der Waals surface area contributed by atoms with E-state index in [0.717, 1.165) is 27.8 Å². The van der Waals surface area contributed by atoms with E-state index in [2.05, 4.69) is 53.2 Å². The smallest absolute Gasteiger partial charge is 0.125 e. The summed E-state index contributed by atoms with van der Waals surface area (Å²) in [6.07, 6.45) is 0.831. The highest BCUT2D eigenvalue weighted by Gasteiger charge is 2.09. The lowest BCUT2D eigenvalue weighted by Gasteiger charge is -2.15. The number of para-hydroxylation sites is 1. The van der Waals surface area contributed by atoms with E-state index >= 15 is 0 Å². The summed E-state index contributed by atoms with van der Waals surface area (Å²) in [5.41, 5.74) is 9.39. The van der Waals surface area contributed by atoms with Gasteiger partial charge in [0.2, 0.25) is 0 Å². The molecule has 2 rings (SSSR count). The van der Waals surface area contributed by atoms with E-state index in [9.17, 15) is 0 Å². The van der Waals surface area contributed by atoms with Crippen LogP contribution < -0.4 is 10.5 Å². The predicted octanol–water partition coefficient (Wildman–Crippen LogP) is 4.23. The Labute approximate surface area is 129 Å². The average molecular weight is 334 g/mol. The fraction of sp³-hybridized carbons (Fsp3) is 0.294. The lowest BCUT2D eigenvalue weighted by molar-refractivity contribution is 0.300. The molecule has 1 unspecified atom stereocenters. The van der Waals surface area contributed by atoms with Gasteiger partial charge in [-0.25, -0.2) is 0 Å². The molecule has 0 aromatic heterocycles. The van der Waals surface area contributed by atoms with Crippen molar-refractivity contribution in [2.75, 3.05) is 0 Å². The van der Waals surface area contributed by atoms with Gasteiger partial charge in [0.15, 0.2) is 0 Å². The molecule has 2 aromatic carbocycles. The van der Waals surface area contributed by atoms with Crippen LogP contribution in [0.3, 0.4) is 0 Å². The van der Waals surface area contributed by atoms with Crippen molar-refractivity contribution in [1.82, 2.24) is 0 Å². The first kappa shape index (κ1) is 15.1. The number of rotatable bonds is 5. The first-order valence-corrected chi connectivity index (χ1v) is 7.57. The summed E-state index contributed by atoms with van der Waals surface area (Å²) in [5, 5.41) is 0. The van der Waals surface area contributed by atoms with Gasteiger partial charge in [0.05, 0.1) is 0 Å². The third kappa shape index (κ3) is 4.09. The molecular weight excluding hydrogens is 314 g/mol. The van der Waals surface area contributed by atoms with Gasteiger partial charge in [-0.05, 0) is 49.1 Å². The van der Waals surface area contributed by atoms with Crippen molar-refractivity contribution in [2.45, 2.75) is 32.9 Å². The van der Waals surface area contributed by atoms with E-state index in [4.69, 9.17) is 10.5 Å². The van der Waals surface area contributed by atoms with Gasteiger partial charge in [0.1, 0.15) is 12.4 Å². The molecule has 0 aliphatic carbocycles. The molecule has 0 saturated carbocycles. The van der Waals surface area contributed by atoms with E-state index in [0.29, 0.717) is 6.61 Å². The average Bonchev–Trinajstić information content (AvgIpc) is 2.39. The highest BCUT2D eigenvalue weighted by molar-refractivity contribution is 9.10. The third-order valence-corrected chi connectivity index (χ3v) is 3.66. The zero-order valence-corrected chi connectivity index (χ0v) is 13.5. The number of benzene rings is 2. The lowest BCUT2D eigenvalue weighted by atomic mass is 10.0. The minimum Gasteiger partial charge on any atom is -0.488 e. The maximum Gasteiger partial charge on any atom is 0.125 e. The maximum absolute atomic E-state index is 6.02. The molecule has 0 heterocycles. The Balaban J connectivity index is 2.13. The van der Waals surface area contributed by atoms with Crippen LogP contribution in [0.5, 0.6) is 5.75 Å². The minimum atomic E-state index is 0.131. The highest BCUT2D eigenvalue weighted by atomic mass is 79.9. The fourth-order valence-corrected chi connectivity index (χ4v) is 2.43. The quantitative estimate of drug-likeness (QED) is 0.888. The van der Waals surface area contributed by atoms with Crippen LogP contribution in [0.2, 0.25) is 0 Å². The predicted molar refractivity (Wildman–Crippen MR) is 87.0 cm³/mol. The monoisotopic (exact) mass is 333 g/mol. The van der Waals surface area contributed by atoms with Crippen LogP contribution in [-0.2, 0) is 13.0 Å². The summed E-state index contributed by atoms with van der Waals surface area (Å²) in [5.74, 6) is 0.965. The summed E-state index contributed by atoms with van der Waals surface area (Å²) in [4.78, 5) is 0. The molecule has 0 aliphatic rings. The molecule has 1 atom stereocenters. The largest absolute Gasteiger partial charge is 0.488 e. The van der Waals surface area contributed by atoms with E-state index < -0.39 is 0 Å². The van der Waals surface area contributed by atoms with Gasteiger partial charge >= 0.3 is 0 Å². The maximum atomic E-state index is 6.02. The van der Waals surface area contributed by atoms with Crippen molar-refractivity contribution < 1.29 is 4.74 Å². The normalized spacial score (nSPS) is 12.2. The minimum absolute atomic E-state index is 0.131. The zero-order chi connectivity index (χ0) is 14.5. The molecule has 0 radical (unpaired) electrons. The Hall–Kier alpha value is -1.32. The number of hydrogen-bond donors (Lipinski definition) is 1. The van der Waals surface area contributed by atoms with Crippen molar-refractivity contribution in [2.24, 2.45) is 5.73 Å². The Bertz CT molecular complexity index is 564. The van der Waals surface area contributed by atoms with Crippen LogP contribution in [0.25, 0.3) is 0 Å². The Morgan fingerprint density at radius 1 is 1.15 bits per heavy atom. The lowest BCUT2D eigenvalue weighted by Crippen LogP contribution is -2.18. The Morgan fingerprint density at radius 2 is 1.85 bits per heavy atom. The SMILES string of the molecule is Cc1cccc(CC(C)N)c1OCc1ccc(Br)cc1. The molecule has 0 aliphatic heterocycles. The molecule has 3 heteroatoms. The number of hydrogen-bond acceptors (Lipinski definition) is 2. The summed E-state index contributed by atoms with van der Waals surface area (Å²) >= 11 is 3.44. The summed E-state index contributed by atoms with van der Waals surface area (Å²) < 4.78 is 7.10. The van der Waals surface area contributed by atoms with Gasteiger partial charge in [-0.3, -0.25) is 0 Å². The fourth-order valence-electron chi connectivity index (χ4n) is 2.16. The van der Waals surface area contributed by atoms with Crippen LogP contribution in [0.15, 0.2) is 46.9 Å². The van der Waals surface area contributed by atoms with Crippen molar-refractivity contribution in [1.29, 1.82) is 0 Å². The molecule has 0 spiro atoms. The van der Waals surface area contributed by atoms with Crippen molar-refractivity contribution in [3.8, 4) is 5.75 Å². The zero-order valence-electron chi connectivity index (χ0n) is 11.9. The molecule has 2 nitrogen and oxygen atoms in total. The van der Waals surface area contributed by atoms with Gasteiger partial charge in [-0.1, -0.05) is 46.3 Å². The second-order valence-electron chi connectivity index (χ2n) is 5.16. The molecule has 0 amide bonds. The molecule has 2 aromatic rings. The molecule has 0 saturated heterocycles. The molecular formula is C17H20BrNO. The van der Waals surface area contributed by atoms with Gasteiger partial charge in [0, 0.05) is 10.5 Å². The van der Waals surface area contributed by atoms with Crippen LogP contribution in [0.1, 0.15) is 23.6 Å². The molecule has 0 fully saturated rings. The third-order valence-electron chi connectivity index (χ3n) is 3.13. The second kappa shape index (κ2) is 6.91. The molecule has 0 bridgehead atoms. The van der Waals surface area contributed by atoms with Gasteiger partial charge in [-0.2, -0.15) is 0 Å². The Morgan fingerprint density at radius 3 is 2.50 bits per heavy atom. The molecule has 106 valence electrons. The number of aryl methyl sites for hydroxylation is 1. The summed E-state index contributed by atoms with van der Waals surface area (Å²) in [6.45, 7) is 4.66. The van der Waals surface area contributed by atoms with E-state index in [1.54, 1.807) is 0 Å². The van der Waals surface area contributed by atoms with Crippen LogP contribution in [0.4, 0.5) is 0 Å². The van der Waals surface area contributed by atoms with Crippen LogP contribution in [-0.4, -0.2) is 6.04 Å². The number of nitrogens with two attached hydrogens (primary N) is 1. The van der Waals surface area contributed by atoms with Gasteiger partial charge < -0.3 is 10.5 Å². The van der Waals surface area contributed by atoms with E-state index in [1.807, 2.05) is 19.1 Å².